The van der Waals surface area contributed by atoms with Gasteiger partial charge in [0.05, 0.1) is 31.3 Å². The summed E-state index contributed by atoms with van der Waals surface area (Å²) in [7, 11) is 0. The van der Waals surface area contributed by atoms with Gasteiger partial charge in [-0.2, -0.15) is 0 Å². The minimum Gasteiger partial charge on any atom is -0.396 e. The Morgan fingerprint density at radius 1 is 0.976 bits per heavy atom. The molecule has 0 unspecified atom stereocenters. The summed E-state index contributed by atoms with van der Waals surface area (Å²) in [5, 5.41) is 25.1. The Kier molecular flexibility index (Phi) is 7.81. The molecule has 6 heteroatoms. The summed E-state index contributed by atoms with van der Waals surface area (Å²) in [6.45, 7) is 19.8. The van der Waals surface area contributed by atoms with Crippen molar-refractivity contribution < 1.29 is 19.7 Å². The zero-order valence-corrected chi connectivity index (χ0v) is 27.6. The van der Waals surface area contributed by atoms with Crippen molar-refractivity contribution in [2.45, 2.75) is 112 Å². The number of fused-ring (bicyclic) bond motifs is 7. The Labute approximate surface area is 255 Å². The monoisotopic (exact) mass is 584 g/mol. The molecule has 5 aliphatic carbocycles. The number of ether oxygens (including phenoxy) is 1. The van der Waals surface area contributed by atoms with E-state index in [1.807, 2.05) is 0 Å². The molecule has 238 valence electrons. The number of hydrogen-bond acceptors (Lipinski definition) is 5. The van der Waals surface area contributed by atoms with Crippen LogP contribution in [0.15, 0.2) is 11.6 Å². The van der Waals surface area contributed by atoms with Crippen LogP contribution in [0.5, 0.6) is 0 Å². The molecule has 1 amide bonds. The third kappa shape index (κ3) is 4.42. The number of morpholine rings is 1. The van der Waals surface area contributed by atoms with Crippen LogP contribution in [0.4, 0.5) is 0 Å². The normalized spacial score (nSPS) is 48.6. The Bertz CT molecular complexity index is 1080. The van der Waals surface area contributed by atoms with E-state index in [0.29, 0.717) is 23.7 Å². The van der Waals surface area contributed by atoms with Crippen molar-refractivity contribution in [3.8, 4) is 0 Å². The van der Waals surface area contributed by atoms with Crippen molar-refractivity contribution in [1.29, 1.82) is 0 Å². The molecule has 6 nitrogen and oxygen atoms in total. The molecule has 0 bridgehead atoms. The number of amides is 1. The van der Waals surface area contributed by atoms with Crippen molar-refractivity contribution in [2.24, 2.45) is 50.2 Å². The van der Waals surface area contributed by atoms with Crippen LogP contribution in [0, 0.1) is 50.2 Å². The van der Waals surface area contributed by atoms with Gasteiger partial charge in [-0.15, -0.1) is 0 Å². The molecule has 0 aromatic carbocycles. The Balaban J connectivity index is 1.30. The molecule has 0 radical (unpaired) electrons. The highest BCUT2D eigenvalue weighted by Crippen LogP contribution is 2.75. The molecule has 0 aromatic rings. The van der Waals surface area contributed by atoms with E-state index in [9.17, 15) is 15.0 Å². The van der Waals surface area contributed by atoms with Crippen molar-refractivity contribution in [2.75, 3.05) is 46.0 Å². The van der Waals surface area contributed by atoms with Gasteiger partial charge in [-0.1, -0.05) is 53.2 Å². The second-order valence-electron chi connectivity index (χ2n) is 17.3. The fraction of sp³-hybridized carbons (Fsp3) is 0.917. The lowest BCUT2D eigenvalue weighted by Crippen LogP contribution is -2.66. The summed E-state index contributed by atoms with van der Waals surface area (Å²) < 4.78 is 5.52. The standard InChI is InChI=1S/C36H60N2O4/c1-31(2)13-15-36(30(41)37-17-18-38-19-21-42-22-20-38)16-14-34(5)25(26(36)23-31)7-8-28-32(3)11-10-29(40)33(4,24-39)27(32)9-12-35(28,34)6/h7,26-29,39-40H,8-24H2,1-6H3,(H,37,41)/t26-,27+,28+,29-,32-,33-,34+,35+,36-/m0/s1. The fourth-order valence-electron chi connectivity index (χ4n) is 12.0. The minimum atomic E-state index is -0.423. The van der Waals surface area contributed by atoms with E-state index in [2.05, 4.69) is 57.8 Å². The number of allylic oxidation sites excluding steroid dienone is 2. The summed E-state index contributed by atoms with van der Waals surface area (Å²) >= 11 is 0. The summed E-state index contributed by atoms with van der Waals surface area (Å²) in [4.78, 5) is 16.7. The highest BCUT2D eigenvalue weighted by molar-refractivity contribution is 5.84. The summed E-state index contributed by atoms with van der Waals surface area (Å²) in [5.74, 6) is 1.48. The molecular weight excluding hydrogens is 524 g/mol. The first-order valence-electron chi connectivity index (χ1n) is 17.3. The Hall–Kier alpha value is -0.950. The summed E-state index contributed by atoms with van der Waals surface area (Å²) in [6.07, 6.45) is 12.6. The molecule has 1 heterocycles. The lowest BCUT2D eigenvalue weighted by molar-refractivity contribution is -0.215. The molecule has 42 heavy (non-hydrogen) atoms. The number of hydrogen-bond donors (Lipinski definition) is 3. The van der Waals surface area contributed by atoms with Crippen LogP contribution >= 0.6 is 0 Å². The predicted molar refractivity (Wildman–Crippen MR) is 167 cm³/mol. The van der Waals surface area contributed by atoms with Crippen LogP contribution in [0.25, 0.3) is 0 Å². The quantitative estimate of drug-likeness (QED) is 0.368. The Morgan fingerprint density at radius 3 is 2.40 bits per heavy atom. The molecule has 3 N–H and O–H groups in total. The highest BCUT2D eigenvalue weighted by Gasteiger charge is 2.69. The molecule has 6 aliphatic rings. The van der Waals surface area contributed by atoms with Crippen LogP contribution in [-0.4, -0.2) is 73.1 Å². The third-order valence-corrected chi connectivity index (χ3v) is 15.0. The first-order chi connectivity index (χ1) is 19.8. The highest BCUT2D eigenvalue weighted by atomic mass is 16.5. The molecule has 1 aliphatic heterocycles. The second kappa shape index (κ2) is 10.6. The van der Waals surface area contributed by atoms with E-state index in [0.717, 1.165) is 104 Å². The number of aliphatic hydroxyl groups is 2. The smallest absolute Gasteiger partial charge is 0.226 e. The van der Waals surface area contributed by atoms with E-state index in [1.54, 1.807) is 5.57 Å². The van der Waals surface area contributed by atoms with Gasteiger partial charge < -0.3 is 20.3 Å². The maximum absolute atomic E-state index is 14.3. The van der Waals surface area contributed by atoms with E-state index in [4.69, 9.17) is 4.74 Å². The molecule has 0 spiro atoms. The number of aliphatic hydroxyl groups excluding tert-OH is 2. The topological polar surface area (TPSA) is 82.0 Å². The number of nitrogens with zero attached hydrogens (tertiary/aromatic N) is 1. The lowest BCUT2D eigenvalue weighted by atomic mass is 9.33. The van der Waals surface area contributed by atoms with Gasteiger partial charge in [0, 0.05) is 31.6 Å². The molecule has 4 saturated carbocycles. The van der Waals surface area contributed by atoms with Gasteiger partial charge in [0.15, 0.2) is 0 Å². The van der Waals surface area contributed by atoms with Crippen LogP contribution in [0.1, 0.15) is 106 Å². The van der Waals surface area contributed by atoms with Crippen LogP contribution < -0.4 is 5.32 Å². The van der Waals surface area contributed by atoms with Gasteiger partial charge in [0.25, 0.3) is 0 Å². The summed E-state index contributed by atoms with van der Waals surface area (Å²) in [5.41, 5.74) is 1.46. The number of carbonyl (C=O) groups excluding carboxylic acids is 1. The van der Waals surface area contributed by atoms with Crippen molar-refractivity contribution >= 4 is 5.91 Å². The average molecular weight is 585 g/mol. The first-order valence-corrected chi connectivity index (χ1v) is 17.3. The van der Waals surface area contributed by atoms with Crippen molar-refractivity contribution in [3.05, 3.63) is 11.6 Å². The molecule has 0 aromatic heterocycles. The molecule has 1 saturated heterocycles. The Morgan fingerprint density at radius 2 is 1.69 bits per heavy atom. The van der Waals surface area contributed by atoms with Gasteiger partial charge >= 0.3 is 0 Å². The molecule has 5 fully saturated rings. The van der Waals surface area contributed by atoms with Gasteiger partial charge in [0.2, 0.25) is 5.91 Å². The van der Waals surface area contributed by atoms with E-state index in [-0.39, 0.29) is 33.7 Å². The lowest BCUT2D eigenvalue weighted by Gasteiger charge is -2.71. The SMILES string of the molecule is CC1(C)CC[C@]2(C(=O)NCCN3CCOCC3)CC[C@]3(C)C(=CC[C@@H]4[C@@]5(C)CC[C@H](O)[C@@](C)(CO)[C@@H]5CC[C@]43C)[C@@H]2C1. The first kappa shape index (κ1) is 31.0. The van der Waals surface area contributed by atoms with Crippen LogP contribution in [-0.2, 0) is 9.53 Å². The zero-order valence-electron chi connectivity index (χ0n) is 27.6. The fourth-order valence-corrected chi connectivity index (χ4v) is 12.0. The van der Waals surface area contributed by atoms with Gasteiger partial charge in [0.1, 0.15) is 0 Å². The van der Waals surface area contributed by atoms with Crippen LogP contribution in [0.3, 0.4) is 0 Å². The van der Waals surface area contributed by atoms with E-state index < -0.39 is 11.5 Å². The number of carbonyl (C=O) groups is 1. The predicted octanol–water partition coefficient (Wildman–Crippen LogP) is 5.57. The minimum absolute atomic E-state index is 0.0660. The van der Waals surface area contributed by atoms with E-state index >= 15 is 0 Å². The zero-order chi connectivity index (χ0) is 30.2. The van der Waals surface area contributed by atoms with E-state index in [1.165, 1.54) is 0 Å². The largest absolute Gasteiger partial charge is 0.396 e. The van der Waals surface area contributed by atoms with Gasteiger partial charge in [-0.05, 0) is 104 Å². The molecular formula is C36H60N2O4. The third-order valence-electron chi connectivity index (χ3n) is 15.0. The maximum Gasteiger partial charge on any atom is 0.226 e. The second-order valence-corrected chi connectivity index (χ2v) is 17.3. The van der Waals surface area contributed by atoms with Crippen molar-refractivity contribution in [1.82, 2.24) is 10.2 Å². The summed E-state index contributed by atoms with van der Waals surface area (Å²) in [6, 6.07) is 0. The average Bonchev–Trinajstić information content (AvgIpc) is 2.96. The van der Waals surface area contributed by atoms with Gasteiger partial charge in [-0.25, -0.2) is 0 Å². The van der Waals surface area contributed by atoms with Gasteiger partial charge in [-0.3, -0.25) is 9.69 Å². The maximum atomic E-state index is 14.3. The molecule has 9 atom stereocenters. The number of nitrogens with one attached hydrogen (secondary N) is 1. The van der Waals surface area contributed by atoms with Crippen LogP contribution in [0.2, 0.25) is 0 Å². The van der Waals surface area contributed by atoms with Crippen molar-refractivity contribution in [3.63, 3.8) is 0 Å². The molecule has 6 rings (SSSR count). The number of rotatable bonds is 5.